The number of anilines is 1. The molecule has 34 heavy (non-hydrogen) atoms. The van der Waals surface area contributed by atoms with Gasteiger partial charge < -0.3 is 9.80 Å². The average molecular weight is 481 g/mol. The Bertz CT molecular complexity index is 1400. The minimum Gasteiger partial charge on any atom is -0.366 e. The number of thiophene rings is 1. The fourth-order valence-corrected chi connectivity index (χ4v) is 5.35. The molecule has 2 aromatic carbocycles. The molecule has 1 saturated heterocycles. The summed E-state index contributed by atoms with van der Waals surface area (Å²) in [5, 5.41) is 5.44. The molecule has 174 valence electrons. The Morgan fingerprint density at radius 3 is 2.32 bits per heavy atom. The van der Waals surface area contributed by atoms with Crippen LogP contribution in [-0.4, -0.2) is 52.5 Å². The highest BCUT2D eigenvalue weighted by Crippen LogP contribution is 2.32. The zero-order valence-corrected chi connectivity index (χ0v) is 19.5. The van der Waals surface area contributed by atoms with Crippen molar-refractivity contribution >= 4 is 38.9 Å². The van der Waals surface area contributed by atoms with Gasteiger partial charge in [0.15, 0.2) is 5.78 Å². The molecule has 3 heterocycles. The Morgan fingerprint density at radius 1 is 0.971 bits per heavy atom. The zero-order chi connectivity index (χ0) is 24.0. The van der Waals surface area contributed by atoms with Gasteiger partial charge in [-0.25, -0.2) is 13.5 Å². The molecule has 0 bridgehead atoms. The molecular formula is C25H22F2N4O2S. The average Bonchev–Trinajstić information content (AvgIpc) is 3.40. The zero-order valence-electron chi connectivity index (χ0n) is 18.7. The molecule has 1 aliphatic heterocycles. The number of carbonyl (C=O) groups is 2. The SMILES string of the molecule is CC(=O)c1ccc(N2CCN(C(=O)c3cc4c(C)nn(-c5ccc(F)cc5)c4s3)CC2)c(F)c1. The number of benzene rings is 2. The molecule has 2 aromatic heterocycles. The number of Topliss-reactive ketones (excluding diaryl/α,β-unsaturated/α-hetero) is 1. The van der Waals surface area contributed by atoms with Gasteiger partial charge in [0.1, 0.15) is 16.5 Å². The number of hydrogen-bond acceptors (Lipinski definition) is 5. The van der Waals surface area contributed by atoms with E-state index >= 15 is 0 Å². The number of hydrogen-bond donors (Lipinski definition) is 0. The second-order valence-electron chi connectivity index (χ2n) is 8.30. The Hall–Kier alpha value is -3.59. The highest BCUT2D eigenvalue weighted by atomic mass is 32.1. The van der Waals surface area contributed by atoms with E-state index < -0.39 is 5.82 Å². The van der Waals surface area contributed by atoms with Gasteiger partial charge in [0, 0.05) is 37.1 Å². The number of aromatic nitrogens is 2. The number of ketones is 1. The molecule has 1 fully saturated rings. The van der Waals surface area contributed by atoms with Crippen LogP contribution in [0.1, 0.15) is 32.6 Å². The lowest BCUT2D eigenvalue weighted by Gasteiger charge is -2.36. The first-order valence-electron chi connectivity index (χ1n) is 10.9. The van der Waals surface area contributed by atoms with Crippen LogP contribution in [0.2, 0.25) is 0 Å². The van der Waals surface area contributed by atoms with Crippen molar-refractivity contribution in [3.63, 3.8) is 0 Å². The number of aryl methyl sites for hydroxylation is 1. The molecule has 0 aliphatic carbocycles. The monoisotopic (exact) mass is 480 g/mol. The van der Waals surface area contributed by atoms with E-state index in [1.807, 2.05) is 17.9 Å². The number of carbonyl (C=O) groups excluding carboxylic acids is 2. The number of fused-ring (bicyclic) bond motifs is 1. The highest BCUT2D eigenvalue weighted by Gasteiger charge is 2.26. The van der Waals surface area contributed by atoms with E-state index in [-0.39, 0.29) is 17.5 Å². The minimum atomic E-state index is -0.433. The Morgan fingerprint density at radius 2 is 1.68 bits per heavy atom. The summed E-state index contributed by atoms with van der Waals surface area (Å²) in [6, 6.07) is 12.5. The maximum atomic E-state index is 14.5. The van der Waals surface area contributed by atoms with E-state index in [0.29, 0.717) is 42.3 Å². The van der Waals surface area contributed by atoms with Crippen LogP contribution in [0.5, 0.6) is 0 Å². The lowest BCUT2D eigenvalue weighted by molar-refractivity contribution is 0.0751. The fourth-order valence-electron chi connectivity index (χ4n) is 4.20. The molecule has 4 aromatic rings. The predicted octanol–water partition coefficient (Wildman–Crippen LogP) is 4.84. The molecule has 0 spiro atoms. The second kappa shape index (κ2) is 8.64. The number of piperazine rings is 1. The van der Waals surface area contributed by atoms with Crippen molar-refractivity contribution in [1.82, 2.24) is 14.7 Å². The van der Waals surface area contributed by atoms with Crippen molar-refractivity contribution < 1.29 is 18.4 Å². The van der Waals surface area contributed by atoms with E-state index in [2.05, 4.69) is 5.10 Å². The molecule has 0 saturated carbocycles. The van der Waals surface area contributed by atoms with Crippen LogP contribution in [0.4, 0.5) is 14.5 Å². The molecule has 5 rings (SSSR count). The van der Waals surface area contributed by atoms with Crippen molar-refractivity contribution in [3.05, 3.63) is 76.3 Å². The summed E-state index contributed by atoms with van der Waals surface area (Å²) in [6.07, 6.45) is 0. The summed E-state index contributed by atoms with van der Waals surface area (Å²) in [5.41, 5.74) is 2.30. The smallest absolute Gasteiger partial charge is 0.264 e. The number of rotatable bonds is 4. The molecule has 1 amide bonds. The topological polar surface area (TPSA) is 58.4 Å². The van der Waals surface area contributed by atoms with E-state index in [1.165, 1.54) is 36.5 Å². The number of nitrogens with zero attached hydrogens (tertiary/aromatic N) is 4. The van der Waals surface area contributed by atoms with Gasteiger partial charge in [-0.2, -0.15) is 5.10 Å². The molecule has 0 atom stereocenters. The van der Waals surface area contributed by atoms with Crippen LogP contribution in [0.25, 0.3) is 15.9 Å². The highest BCUT2D eigenvalue weighted by molar-refractivity contribution is 7.20. The van der Waals surface area contributed by atoms with Crippen LogP contribution in [0.3, 0.4) is 0 Å². The van der Waals surface area contributed by atoms with Crippen molar-refractivity contribution in [3.8, 4) is 5.69 Å². The second-order valence-corrected chi connectivity index (χ2v) is 9.34. The maximum absolute atomic E-state index is 14.5. The third-order valence-electron chi connectivity index (χ3n) is 6.09. The Kier molecular flexibility index (Phi) is 5.65. The van der Waals surface area contributed by atoms with Crippen molar-refractivity contribution in [2.24, 2.45) is 0 Å². The molecule has 6 nitrogen and oxygen atoms in total. The third kappa shape index (κ3) is 3.96. The molecule has 0 radical (unpaired) electrons. The van der Waals surface area contributed by atoms with E-state index in [1.54, 1.807) is 33.8 Å². The van der Waals surface area contributed by atoms with Gasteiger partial charge in [-0.05, 0) is 62.4 Å². The fraction of sp³-hybridized carbons (Fsp3) is 0.240. The lowest BCUT2D eigenvalue weighted by atomic mass is 10.1. The Balaban J connectivity index is 1.33. The van der Waals surface area contributed by atoms with Crippen molar-refractivity contribution in [2.45, 2.75) is 13.8 Å². The van der Waals surface area contributed by atoms with E-state index in [9.17, 15) is 18.4 Å². The van der Waals surface area contributed by atoms with Crippen LogP contribution in [0.15, 0.2) is 48.5 Å². The minimum absolute atomic E-state index is 0.0710. The first-order valence-corrected chi connectivity index (χ1v) is 11.7. The van der Waals surface area contributed by atoms with E-state index in [4.69, 9.17) is 0 Å². The summed E-state index contributed by atoms with van der Waals surface area (Å²) >= 11 is 1.36. The number of amides is 1. The van der Waals surface area contributed by atoms with Crippen LogP contribution in [-0.2, 0) is 0 Å². The van der Waals surface area contributed by atoms with Crippen LogP contribution in [0, 0.1) is 18.6 Å². The van der Waals surface area contributed by atoms with E-state index in [0.717, 1.165) is 21.6 Å². The first-order chi connectivity index (χ1) is 16.3. The van der Waals surface area contributed by atoms with Gasteiger partial charge in [0.05, 0.1) is 21.9 Å². The number of halogens is 2. The van der Waals surface area contributed by atoms with Crippen molar-refractivity contribution in [1.29, 1.82) is 0 Å². The third-order valence-corrected chi connectivity index (χ3v) is 7.19. The standard InChI is InChI=1S/C25H22F2N4O2S/c1-15-20-14-23(34-25(20)31(28-15)19-6-4-18(26)5-7-19)24(33)30-11-9-29(10-12-30)22-8-3-17(16(2)32)13-21(22)27/h3-8,13-14H,9-12H2,1-2H3. The molecule has 0 unspecified atom stereocenters. The summed E-state index contributed by atoms with van der Waals surface area (Å²) in [7, 11) is 0. The molecule has 9 heteroatoms. The van der Waals surface area contributed by atoms with Crippen LogP contribution >= 0.6 is 11.3 Å². The molecule has 0 N–H and O–H groups in total. The summed E-state index contributed by atoms with van der Waals surface area (Å²) in [5.74, 6) is -1.00. The van der Waals surface area contributed by atoms with Crippen molar-refractivity contribution in [2.75, 3.05) is 31.1 Å². The largest absolute Gasteiger partial charge is 0.366 e. The van der Waals surface area contributed by atoms with Gasteiger partial charge in [0.2, 0.25) is 0 Å². The van der Waals surface area contributed by atoms with Gasteiger partial charge in [-0.3, -0.25) is 9.59 Å². The Labute approximate surface area is 199 Å². The molecular weight excluding hydrogens is 458 g/mol. The maximum Gasteiger partial charge on any atom is 0.264 e. The van der Waals surface area contributed by atoms with Gasteiger partial charge >= 0.3 is 0 Å². The van der Waals surface area contributed by atoms with Crippen LogP contribution < -0.4 is 4.90 Å². The normalized spacial score (nSPS) is 14.1. The summed E-state index contributed by atoms with van der Waals surface area (Å²) < 4.78 is 29.6. The van der Waals surface area contributed by atoms with Gasteiger partial charge in [-0.15, -0.1) is 11.3 Å². The lowest BCUT2D eigenvalue weighted by Crippen LogP contribution is -2.48. The predicted molar refractivity (Wildman–Crippen MR) is 128 cm³/mol. The summed E-state index contributed by atoms with van der Waals surface area (Å²) in [6.45, 7) is 5.21. The molecule has 1 aliphatic rings. The summed E-state index contributed by atoms with van der Waals surface area (Å²) in [4.78, 5) is 29.8. The van der Waals surface area contributed by atoms with Gasteiger partial charge in [0.25, 0.3) is 5.91 Å². The quantitative estimate of drug-likeness (QED) is 0.392. The van der Waals surface area contributed by atoms with Gasteiger partial charge in [-0.1, -0.05) is 0 Å². The first kappa shape index (κ1) is 22.2.